The van der Waals surface area contributed by atoms with E-state index in [4.69, 9.17) is 15.3 Å². The molecular weight excluding hydrogens is 2340 g/mol. The monoisotopic (exact) mass is 2430 g/mol. The van der Waals surface area contributed by atoms with E-state index < -0.39 is 17.6 Å². The van der Waals surface area contributed by atoms with E-state index >= 15 is 0 Å². The molecule has 0 aliphatic heterocycles. The molecule has 0 radical (unpaired) electrons. The molecule has 129 heavy (non-hydrogen) atoms. The molecule has 0 spiro atoms. The summed E-state index contributed by atoms with van der Waals surface area (Å²) in [7, 11) is 0.772. The minimum Gasteiger partial charge on any atom is -0.477 e. The quantitative estimate of drug-likeness (QED) is 0.0725. The molecule has 0 fully saturated rings. The number of aliphatic hydroxyl groups excluding tert-OH is 2. The Hall–Kier alpha value is -13.2. The molecule has 14 nitrogen and oxygen atoms in total. The molecule has 1 unspecified atom stereocenters. The number of rotatable bonds is 13. The predicted octanol–water partition coefficient (Wildman–Crippen LogP) is 22.9. The summed E-state index contributed by atoms with van der Waals surface area (Å²) in [6.45, 7) is 2.18. The summed E-state index contributed by atoms with van der Waals surface area (Å²) in [5.41, 5.74) is 18.4. The molecule has 0 bridgehead atoms. The number of carboxylic acid groups (broad SMARTS) is 1. The Morgan fingerprint density at radius 2 is 0.535 bits per heavy atom. The molecule has 0 aliphatic carbocycles. The van der Waals surface area contributed by atoms with Gasteiger partial charge < -0.3 is 60.2 Å². The van der Waals surface area contributed by atoms with Crippen molar-refractivity contribution >= 4 is 19.9 Å². The summed E-state index contributed by atoms with van der Waals surface area (Å²) in [6.07, 6.45) is 17.2. The van der Waals surface area contributed by atoms with Crippen molar-refractivity contribution in [3.8, 4) is 101 Å². The van der Waals surface area contributed by atoms with Crippen LogP contribution < -0.4 is 5.30 Å². The van der Waals surface area contributed by atoms with E-state index in [9.17, 15) is 13.6 Å². The fourth-order valence-corrected chi connectivity index (χ4v) is 11.7. The van der Waals surface area contributed by atoms with Crippen LogP contribution in [0.25, 0.3) is 101 Å². The van der Waals surface area contributed by atoms with Crippen molar-refractivity contribution in [1.82, 2.24) is 49.8 Å². The molecule has 0 aliphatic rings. The number of nitrogens with zero attached hydrogens (tertiary/aromatic N) is 10. The molecule has 21 heteroatoms. The third-order valence-electron chi connectivity index (χ3n) is 17.0. The fourth-order valence-electron chi connectivity index (χ4n) is 11.0. The average molecular weight is 2430 g/mol. The topological polar surface area (TPSA) is 207 Å². The summed E-state index contributed by atoms with van der Waals surface area (Å²) in [4.78, 5) is 51.7. The van der Waals surface area contributed by atoms with Crippen LogP contribution in [-0.2, 0) is 95.6 Å². The van der Waals surface area contributed by atoms with Gasteiger partial charge in [-0.1, -0.05) is 97.1 Å². The Balaban J connectivity index is 0.000000221. The van der Waals surface area contributed by atoms with Crippen molar-refractivity contribution in [3.63, 3.8) is 0 Å². The smallest absolute Gasteiger partial charge is 0.477 e. The molecule has 19 aromatic rings. The van der Waals surface area contributed by atoms with Gasteiger partial charge in [-0.3, -0.25) is 4.39 Å². The van der Waals surface area contributed by atoms with Crippen molar-refractivity contribution in [2.45, 2.75) is 13.2 Å². The number of hydrogen-bond acceptors (Lipinski definition) is 13. The summed E-state index contributed by atoms with van der Waals surface area (Å²) >= 11 is 0. The van der Waals surface area contributed by atoms with Crippen LogP contribution in [0, 0.1) is 66.2 Å². The third-order valence-corrected chi connectivity index (χ3v) is 18.0. The van der Waals surface area contributed by atoms with Gasteiger partial charge in [-0.15, -0.1) is 320 Å². The molecule has 19 rings (SSSR count). The Morgan fingerprint density at radius 3 is 0.767 bits per heavy atom. The van der Waals surface area contributed by atoms with Crippen LogP contribution >= 0.6 is 8.58 Å². The molecule has 10 heterocycles. The van der Waals surface area contributed by atoms with Gasteiger partial charge in [-0.05, 0) is 141 Å². The second-order valence-corrected chi connectivity index (χ2v) is 26.6. The number of carbonyl (C=O) groups is 1. The van der Waals surface area contributed by atoms with E-state index in [1.807, 2.05) is 322 Å². The first-order chi connectivity index (χ1) is 61.7. The number of aliphatic hydroxyl groups is 2. The van der Waals surface area contributed by atoms with E-state index in [1.165, 1.54) is 17.6 Å². The Labute approximate surface area is 810 Å². The van der Waals surface area contributed by atoms with Crippen molar-refractivity contribution in [2.24, 2.45) is 0 Å². The Kier molecular flexibility index (Phi) is 50.3. The van der Waals surface area contributed by atoms with E-state index in [-0.39, 0.29) is 101 Å². The Bertz CT molecular complexity index is 5330. The average Bonchev–Trinajstić information content (AvgIpc) is 0.852. The van der Waals surface area contributed by atoms with Crippen LogP contribution in [0.1, 0.15) is 21.6 Å². The van der Waals surface area contributed by atoms with E-state index in [0.717, 1.165) is 122 Å². The van der Waals surface area contributed by atoms with Crippen LogP contribution in [0.3, 0.4) is 0 Å². The summed E-state index contributed by atoms with van der Waals surface area (Å²) in [6, 6.07) is 143. The second-order valence-electron chi connectivity index (χ2n) is 25.6. The van der Waals surface area contributed by atoms with Crippen LogP contribution in [0.2, 0.25) is 0 Å². The maximum atomic E-state index is 12.8. The standard InChI is InChI=1S/2C12H10NO.C12H11NP.C11H6F2N.5C11H8N.C6H5NO2.2Ir.2Pt/c2*14-9-11-7-4-8-13-12(11)10-5-2-1-3-6-10;1-14-11-8-5-9-13-12(11)10-6-3-2-4-7-10;12-9-5-4-8(7-10(9)13)11-3-1-2-6-14-11;5*1-2-6-10(7-3-1)11-8-4-5-9-12-11;8-6(9)5-3-1-2-4-7-5;;;;/h2*1-5,7-8,14H,9H2;2-6,8-9,14H,1H3;1-3,5-7H;5*1-6,8-9H;1-4H,(H,8,9);;;;/q9*-1;;2*+3;;+2. The predicted molar refractivity (Wildman–Crippen MR) is 493 cm³/mol. The van der Waals surface area contributed by atoms with Gasteiger partial charge in [0.15, 0.2) is 0 Å². The van der Waals surface area contributed by atoms with Gasteiger partial charge in [-0.2, -0.15) is 0 Å². The molecular formula is C108H82F2Ir2N10O4PPt2-. The zero-order chi connectivity index (χ0) is 87.2. The van der Waals surface area contributed by atoms with E-state index in [1.54, 1.807) is 79.9 Å². The zero-order valence-corrected chi connectivity index (χ0v) is 79.5. The Morgan fingerprint density at radius 1 is 0.287 bits per heavy atom. The molecule has 3 N–H and O–H groups in total. The minimum atomic E-state index is -0.990. The second kappa shape index (κ2) is 62.1. The first-order valence-corrected chi connectivity index (χ1v) is 40.6. The molecule has 0 saturated heterocycles. The van der Waals surface area contributed by atoms with Crippen molar-refractivity contribution in [2.75, 3.05) is 6.66 Å². The fraction of sp³-hybridized carbons (Fsp3) is 0.0278. The van der Waals surface area contributed by atoms with Crippen molar-refractivity contribution < 1.29 is 111 Å². The number of halogens is 2. The van der Waals surface area contributed by atoms with Gasteiger partial charge in [0.25, 0.3) is 0 Å². The maximum absolute atomic E-state index is 12.8. The van der Waals surface area contributed by atoms with Crippen LogP contribution in [0.15, 0.2) is 432 Å². The SMILES string of the molecule is CPc1cccnc1-c1[c-]cccc1.Fc1c[c-]c(-c2ccccn2)cc1F.O=C(O)c1ccccn1.OCc1cccnc1-c1[c-]cccc1.OCc1cccnc1-c1[c-]cccc1.[Ir+3].[Ir+3].[Pt+2].[Pt].[c-]1ccccc1-c1ccccn1.[c-]1ccccc1-c1ccccn1.[c-]1ccccc1-c1ccccn1.[c-]1ccccc1-c1ccccn1.[c-]1ccccc1-c1ccccn1. The number of aromatic carboxylic acids is 1. The van der Waals surface area contributed by atoms with Gasteiger partial charge in [0.1, 0.15) is 5.69 Å². The van der Waals surface area contributed by atoms with E-state index in [0.29, 0.717) is 11.3 Å². The summed E-state index contributed by atoms with van der Waals surface area (Å²) < 4.78 is 25.4. The number of aromatic nitrogens is 10. The van der Waals surface area contributed by atoms with Gasteiger partial charge in [0.2, 0.25) is 0 Å². The van der Waals surface area contributed by atoms with Crippen LogP contribution in [0.4, 0.5) is 8.78 Å². The normalized spacial score (nSPS) is 9.59. The summed E-state index contributed by atoms with van der Waals surface area (Å²) in [5, 5.41) is 27.9. The van der Waals surface area contributed by atoms with Gasteiger partial charge in [-0.25, -0.2) is 14.2 Å². The zero-order valence-electron chi connectivity index (χ0n) is 69.2. The van der Waals surface area contributed by atoms with Gasteiger partial charge in [0.05, 0.1) is 24.8 Å². The maximum Gasteiger partial charge on any atom is 3.00 e. The number of benzene rings is 9. The number of pyridine rings is 10. The van der Waals surface area contributed by atoms with Gasteiger partial charge >= 0.3 is 67.2 Å². The van der Waals surface area contributed by atoms with E-state index in [2.05, 4.69) is 117 Å². The number of hydrogen-bond donors (Lipinski definition) is 3. The largest absolute Gasteiger partial charge is 3.00 e. The molecule has 1 atom stereocenters. The molecule has 10 aromatic heterocycles. The third kappa shape index (κ3) is 37.0. The number of carboxylic acids is 1. The molecule has 0 saturated carbocycles. The molecule has 0 amide bonds. The van der Waals surface area contributed by atoms with Crippen molar-refractivity contribution in [1.29, 1.82) is 0 Å². The molecule has 646 valence electrons. The van der Waals surface area contributed by atoms with Crippen molar-refractivity contribution in [3.05, 3.63) is 515 Å². The minimum absolute atomic E-state index is 0. The first-order valence-electron chi connectivity index (χ1n) is 39.1. The summed E-state index contributed by atoms with van der Waals surface area (Å²) in [5.74, 6) is -2.77. The van der Waals surface area contributed by atoms with Crippen LogP contribution in [-0.4, -0.2) is 77.8 Å². The van der Waals surface area contributed by atoms with Crippen LogP contribution in [0.5, 0.6) is 0 Å². The molecule has 9 aromatic carbocycles. The van der Waals surface area contributed by atoms with Gasteiger partial charge in [0, 0.05) is 83.0 Å². The first kappa shape index (κ1) is 105.